The number of hydrogen-bond donors (Lipinski definition) is 1. The normalized spacial score (nSPS) is 11.6. The number of nitrogens with one attached hydrogen (secondary N) is 1. The predicted octanol–water partition coefficient (Wildman–Crippen LogP) is 3.90. The standard InChI is InChI=1S/C20H25NO4/c1-6-16(14-7-10-18(24-4)19(12-14)25-5)21-20(22)15-8-9-17(23-3)13(2)11-15/h7-12,16H,6H2,1-5H3,(H,21,22)/t16-/m0/s1. The van der Waals surface area contributed by atoms with Crippen molar-refractivity contribution in [3.63, 3.8) is 0 Å². The third kappa shape index (κ3) is 4.24. The fourth-order valence-electron chi connectivity index (χ4n) is 2.75. The summed E-state index contributed by atoms with van der Waals surface area (Å²) in [5, 5.41) is 3.08. The van der Waals surface area contributed by atoms with Crippen molar-refractivity contribution in [2.24, 2.45) is 0 Å². The van der Waals surface area contributed by atoms with E-state index in [1.54, 1.807) is 27.4 Å². The van der Waals surface area contributed by atoms with Crippen LogP contribution < -0.4 is 19.5 Å². The second kappa shape index (κ2) is 8.42. The summed E-state index contributed by atoms with van der Waals surface area (Å²) >= 11 is 0. The number of ether oxygens (including phenoxy) is 3. The number of carbonyl (C=O) groups is 1. The molecule has 0 aliphatic carbocycles. The van der Waals surface area contributed by atoms with E-state index in [2.05, 4.69) is 5.32 Å². The molecule has 0 heterocycles. The molecule has 25 heavy (non-hydrogen) atoms. The SMILES string of the molecule is CC[C@H](NC(=O)c1ccc(OC)c(C)c1)c1ccc(OC)c(OC)c1. The van der Waals surface area contributed by atoms with Crippen molar-refractivity contribution in [3.8, 4) is 17.2 Å². The summed E-state index contributed by atoms with van der Waals surface area (Å²) in [6, 6.07) is 11.0. The predicted molar refractivity (Wildman–Crippen MR) is 97.8 cm³/mol. The highest BCUT2D eigenvalue weighted by Gasteiger charge is 2.17. The molecule has 0 aromatic heterocycles. The van der Waals surface area contributed by atoms with Gasteiger partial charge in [-0.25, -0.2) is 0 Å². The fourth-order valence-corrected chi connectivity index (χ4v) is 2.75. The molecule has 0 saturated heterocycles. The molecule has 0 radical (unpaired) electrons. The fraction of sp³-hybridized carbons (Fsp3) is 0.350. The Labute approximate surface area is 148 Å². The van der Waals surface area contributed by atoms with Crippen LogP contribution in [0.2, 0.25) is 0 Å². The molecule has 2 rings (SSSR count). The summed E-state index contributed by atoms with van der Waals surface area (Å²) in [5.41, 5.74) is 2.50. The summed E-state index contributed by atoms with van der Waals surface area (Å²) in [6.45, 7) is 3.95. The number of aryl methyl sites for hydroxylation is 1. The molecule has 0 fully saturated rings. The van der Waals surface area contributed by atoms with Crippen molar-refractivity contribution in [1.29, 1.82) is 0 Å². The number of methoxy groups -OCH3 is 3. The smallest absolute Gasteiger partial charge is 0.251 e. The lowest BCUT2D eigenvalue weighted by Crippen LogP contribution is -2.28. The van der Waals surface area contributed by atoms with E-state index >= 15 is 0 Å². The topological polar surface area (TPSA) is 56.8 Å². The Morgan fingerprint density at radius 2 is 1.60 bits per heavy atom. The summed E-state index contributed by atoms with van der Waals surface area (Å²) in [4.78, 5) is 12.6. The van der Waals surface area contributed by atoms with E-state index in [1.807, 2.05) is 44.2 Å². The van der Waals surface area contributed by atoms with Gasteiger partial charge in [-0.05, 0) is 54.8 Å². The van der Waals surface area contributed by atoms with Crippen LogP contribution in [0.25, 0.3) is 0 Å². The maximum absolute atomic E-state index is 12.6. The van der Waals surface area contributed by atoms with E-state index in [4.69, 9.17) is 14.2 Å². The lowest BCUT2D eigenvalue weighted by molar-refractivity contribution is 0.0935. The van der Waals surface area contributed by atoms with Gasteiger partial charge in [0.25, 0.3) is 5.91 Å². The van der Waals surface area contributed by atoms with Crippen LogP contribution in [0.4, 0.5) is 0 Å². The molecule has 5 heteroatoms. The van der Waals surface area contributed by atoms with Crippen LogP contribution in [0.5, 0.6) is 17.2 Å². The number of rotatable bonds is 7. The Bertz CT molecular complexity index is 742. The Balaban J connectivity index is 2.21. The maximum Gasteiger partial charge on any atom is 0.251 e. The molecule has 1 N–H and O–H groups in total. The lowest BCUT2D eigenvalue weighted by Gasteiger charge is -2.19. The van der Waals surface area contributed by atoms with Gasteiger partial charge in [0.2, 0.25) is 0 Å². The molecule has 0 aliphatic rings. The summed E-state index contributed by atoms with van der Waals surface area (Å²) in [5.74, 6) is 1.96. The van der Waals surface area contributed by atoms with E-state index < -0.39 is 0 Å². The van der Waals surface area contributed by atoms with E-state index in [0.717, 1.165) is 23.3 Å². The van der Waals surface area contributed by atoms with Crippen LogP contribution in [-0.2, 0) is 0 Å². The zero-order chi connectivity index (χ0) is 18.4. The first kappa shape index (κ1) is 18.6. The van der Waals surface area contributed by atoms with Crippen LogP contribution >= 0.6 is 0 Å². The van der Waals surface area contributed by atoms with Gasteiger partial charge in [0, 0.05) is 5.56 Å². The highest BCUT2D eigenvalue weighted by Crippen LogP contribution is 2.31. The van der Waals surface area contributed by atoms with Gasteiger partial charge in [-0.1, -0.05) is 13.0 Å². The minimum absolute atomic E-state index is 0.116. The van der Waals surface area contributed by atoms with Gasteiger partial charge in [-0.2, -0.15) is 0 Å². The van der Waals surface area contributed by atoms with Gasteiger partial charge in [0.1, 0.15) is 5.75 Å². The molecular formula is C20H25NO4. The average Bonchev–Trinajstić information content (AvgIpc) is 2.65. The Morgan fingerprint density at radius 3 is 2.16 bits per heavy atom. The zero-order valence-corrected chi connectivity index (χ0v) is 15.4. The van der Waals surface area contributed by atoms with Crippen LogP contribution in [0.3, 0.4) is 0 Å². The summed E-state index contributed by atoms with van der Waals surface area (Å²) in [6.07, 6.45) is 0.760. The first-order chi connectivity index (χ1) is 12.0. The van der Waals surface area contributed by atoms with Gasteiger partial charge in [-0.3, -0.25) is 4.79 Å². The molecule has 134 valence electrons. The van der Waals surface area contributed by atoms with Crippen molar-refractivity contribution in [3.05, 3.63) is 53.1 Å². The number of carbonyl (C=O) groups excluding carboxylic acids is 1. The molecule has 0 saturated carbocycles. The third-order valence-corrected chi connectivity index (χ3v) is 4.18. The van der Waals surface area contributed by atoms with E-state index in [-0.39, 0.29) is 11.9 Å². The molecule has 0 aliphatic heterocycles. The third-order valence-electron chi connectivity index (χ3n) is 4.18. The summed E-state index contributed by atoms with van der Waals surface area (Å²) < 4.78 is 15.9. The second-order valence-electron chi connectivity index (χ2n) is 5.73. The monoisotopic (exact) mass is 343 g/mol. The molecular weight excluding hydrogens is 318 g/mol. The Morgan fingerprint density at radius 1 is 0.960 bits per heavy atom. The second-order valence-corrected chi connectivity index (χ2v) is 5.73. The quantitative estimate of drug-likeness (QED) is 0.828. The maximum atomic E-state index is 12.6. The van der Waals surface area contributed by atoms with Crippen LogP contribution in [0.1, 0.15) is 40.9 Å². The Kier molecular flexibility index (Phi) is 6.28. The van der Waals surface area contributed by atoms with Gasteiger partial charge >= 0.3 is 0 Å². The van der Waals surface area contributed by atoms with Crippen LogP contribution in [-0.4, -0.2) is 27.2 Å². The first-order valence-electron chi connectivity index (χ1n) is 8.21. The minimum atomic E-state index is -0.118. The Hall–Kier alpha value is -2.69. The average molecular weight is 343 g/mol. The van der Waals surface area contributed by atoms with Crippen molar-refractivity contribution in [2.45, 2.75) is 26.3 Å². The first-order valence-corrected chi connectivity index (χ1v) is 8.21. The van der Waals surface area contributed by atoms with E-state index in [1.165, 1.54) is 0 Å². The van der Waals surface area contributed by atoms with Gasteiger partial charge in [0.05, 0.1) is 27.4 Å². The van der Waals surface area contributed by atoms with Crippen molar-refractivity contribution in [1.82, 2.24) is 5.32 Å². The van der Waals surface area contributed by atoms with Crippen molar-refractivity contribution in [2.75, 3.05) is 21.3 Å². The molecule has 2 aromatic carbocycles. The van der Waals surface area contributed by atoms with Crippen LogP contribution in [0.15, 0.2) is 36.4 Å². The molecule has 0 unspecified atom stereocenters. The molecule has 0 spiro atoms. The molecule has 2 aromatic rings. The minimum Gasteiger partial charge on any atom is -0.496 e. The zero-order valence-electron chi connectivity index (χ0n) is 15.4. The highest BCUT2D eigenvalue weighted by atomic mass is 16.5. The molecule has 1 atom stereocenters. The largest absolute Gasteiger partial charge is 0.496 e. The molecule has 5 nitrogen and oxygen atoms in total. The van der Waals surface area contributed by atoms with Crippen LogP contribution in [0, 0.1) is 6.92 Å². The highest BCUT2D eigenvalue weighted by molar-refractivity contribution is 5.94. The molecule has 1 amide bonds. The van der Waals surface area contributed by atoms with E-state index in [9.17, 15) is 4.79 Å². The van der Waals surface area contributed by atoms with E-state index in [0.29, 0.717) is 17.1 Å². The molecule has 0 bridgehead atoms. The lowest BCUT2D eigenvalue weighted by atomic mass is 10.0. The van der Waals surface area contributed by atoms with Gasteiger partial charge in [-0.15, -0.1) is 0 Å². The van der Waals surface area contributed by atoms with Gasteiger partial charge < -0.3 is 19.5 Å². The number of benzene rings is 2. The van der Waals surface area contributed by atoms with Gasteiger partial charge in [0.15, 0.2) is 11.5 Å². The van der Waals surface area contributed by atoms with Crippen molar-refractivity contribution >= 4 is 5.91 Å². The van der Waals surface area contributed by atoms with Crippen molar-refractivity contribution < 1.29 is 19.0 Å². The summed E-state index contributed by atoms with van der Waals surface area (Å²) in [7, 11) is 4.82. The number of hydrogen-bond acceptors (Lipinski definition) is 4. The number of amides is 1.